The van der Waals surface area contributed by atoms with Crippen LogP contribution in [0.4, 0.5) is 0 Å². The molecule has 0 heteroatoms. The quantitative estimate of drug-likeness (QED) is 0.180. The second-order valence-corrected chi connectivity index (χ2v) is 13.2. The number of benzene rings is 8. The molecule has 10 rings (SSSR count). The summed E-state index contributed by atoms with van der Waals surface area (Å²) in [6.07, 6.45) is 2.02. The molecule has 0 aliphatic heterocycles. The van der Waals surface area contributed by atoms with E-state index in [-0.39, 0.29) is 0 Å². The molecule has 236 valence electrons. The first kappa shape index (κ1) is 29.9. The average Bonchev–Trinajstić information content (AvgIpc) is 3.77. The molecule has 0 spiro atoms. The van der Waals surface area contributed by atoms with Gasteiger partial charge >= 0.3 is 0 Å². The van der Waals surface area contributed by atoms with Crippen LogP contribution in [-0.4, -0.2) is 0 Å². The van der Waals surface area contributed by atoms with Gasteiger partial charge in [-0.25, -0.2) is 0 Å². The van der Waals surface area contributed by atoms with Crippen molar-refractivity contribution in [2.45, 2.75) is 12.8 Å². The van der Waals surface area contributed by atoms with Crippen molar-refractivity contribution >= 4 is 0 Å². The lowest BCUT2D eigenvalue weighted by molar-refractivity contribution is 1.26. The smallest absolute Gasteiger partial charge is 0.000706 e. The second kappa shape index (κ2) is 13.0. The lowest BCUT2D eigenvalue weighted by atomic mass is 9.88. The van der Waals surface area contributed by atoms with Crippen molar-refractivity contribution < 1.29 is 0 Å². The van der Waals surface area contributed by atoms with Crippen LogP contribution in [0.1, 0.15) is 22.3 Å². The first-order valence-electron chi connectivity index (χ1n) is 17.5. The van der Waals surface area contributed by atoms with Crippen LogP contribution in [-0.2, 0) is 12.8 Å². The zero-order chi connectivity index (χ0) is 33.3. The van der Waals surface area contributed by atoms with E-state index in [9.17, 15) is 0 Å². The van der Waals surface area contributed by atoms with Crippen LogP contribution < -0.4 is 0 Å². The maximum Gasteiger partial charge on any atom is -0.000706 e. The van der Waals surface area contributed by atoms with Crippen molar-refractivity contribution in [2.24, 2.45) is 0 Å². The third-order valence-corrected chi connectivity index (χ3v) is 10.3. The lowest BCUT2D eigenvalue weighted by Gasteiger charge is -2.16. The number of fused-ring (bicyclic) bond motifs is 6. The summed E-state index contributed by atoms with van der Waals surface area (Å²) in [4.78, 5) is 0. The summed E-state index contributed by atoms with van der Waals surface area (Å²) in [6, 6.07) is 69.8. The van der Waals surface area contributed by atoms with Crippen molar-refractivity contribution in [3.63, 3.8) is 0 Å². The van der Waals surface area contributed by atoms with E-state index >= 15 is 0 Å². The molecule has 0 atom stereocenters. The molecule has 8 aromatic rings. The molecule has 0 aromatic heterocycles. The number of hydrogen-bond acceptors (Lipinski definition) is 0. The molecule has 0 bridgehead atoms. The predicted octanol–water partition coefficient (Wildman–Crippen LogP) is 13.2. The Kier molecular flexibility index (Phi) is 7.76. The molecule has 0 fully saturated rings. The minimum absolute atomic E-state index is 1.01. The second-order valence-electron chi connectivity index (χ2n) is 13.2. The number of hydrogen-bond donors (Lipinski definition) is 0. The third kappa shape index (κ3) is 5.36. The van der Waals surface area contributed by atoms with Gasteiger partial charge in [0.2, 0.25) is 0 Å². The van der Waals surface area contributed by atoms with E-state index < -0.39 is 0 Å². The molecule has 0 radical (unpaired) electrons. The molecular weight excluding hydrogens is 601 g/mol. The monoisotopic (exact) mass is 636 g/mol. The summed E-state index contributed by atoms with van der Waals surface area (Å²) in [7, 11) is 0. The van der Waals surface area contributed by atoms with E-state index in [0.717, 1.165) is 12.8 Å². The van der Waals surface area contributed by atoms with Crippen LogP contribution in [0.3, 0.4) is 0 Å². The summed E-state index contributed by atoms with van der Waals surface area (Å²) >= 11 is 0. The lowest BCUT2D eigenvalue weighted by Crippen LogP contribution is -1.92. The van der Waals surface area contributed by atoms with Gasteiger partial charge in [0.15, 0.2) is 0 Å². The fourth-order valence-corrected chi connectivity index (χ4v) is 8.01. The SMILES string of the molecule is c1ccc(-c2ccc3c(c2-c2ccccc2)Cc2ccccc2-3)cc1.c1ccc(-c2ccc3c(c2-c2ccccc2)Cc2ccccc2-3)cc1. The van der Waals surface area contributed by atoms with Crippen LogP contribution in [0.15, 0.2) is 194 Å². The van der Waals surface area contributed by atoms with Gasteiger partial charge in [0.05, 0.1) is 0 Å². The largest absolute Gasteiger partial charge is 0.0622 e. The maximum absolute atomic E-state index is 2.30. The third-order valence-electron chi connectivity index (χ3n) is 10.3. The summed E-state index contributed by atoms with van der Waals surface area (Å²) in [6.45, 7) is 0. The van der Waals surface area contributed by atoms with E-state index in [1.165, 1.54) is 89.0 Å². The topological polar surface area (TPSA) is 0 Å². The van der Waals surface area contributed by atoms with Crippen molar-refractivity contribution in [1.82, 2.24) is 0 Å². The van der Waals surface area contributed by atoms with Crippen LogP contribution in [0, 0.1) is 0 Å². The van der Waals surface area contributed by atoms with E-state index in [1.54, 1.807) is 0 Å². The molecule has 0 nitrogen and oxygen atoms in total. The van der Waals surface area contributed by atoms with Crippen molar-refractivity contribution in [3.8, 4) is 66.8 Å². The Labute approximate surface area is 295 Å². The Balaban J connectivity index is 0.000000135. The van der Waals surface area contributed by atoms with Gasteiger partial charge in [0.1, 0.15) is 0 Å². The van der Waals surface area contributed by atoms with Crippen molar-refractivity contribution in [1.29, 1.82) is 0 Å². The molecule has 0 heterocycles. The minimum atomic E-state index is 1.01. The zero-order valence-corrected chi connectivity index (χ0v) is 27.9. The summed E-state index contributed by atoms with van der Waals surface area (Å²) in [5.41, 5.74) is 21.8. The highest BCUT2D eigenvalue weighted by atomic mass is 14.3. The van der Waals surface area contributed by atoms with Gasteiger partial charge < -0.3 is 0 Å². The van der Waals surface area contributed by atoms with Gasteiger partial charge in [-0.15, -0.1) is 0 Å². The maximum atomic E-state index is 2.30. The Morgan fingerprint density at radius 3 is 0.900 bits per heavy atom. The normalized spacial score (nSPS) is 11.8. The van der Waals surface area contributed by atoms with E-state index in [1.807, 2.05) is 0 Å². The van der Waals surface area contributed by atoms with Gasteiger partial charge in [0, 0.05) is 0 Å². The Bertz CT molecular complexity index is 2260. The van der Waals surface area contributed by atoms with Crippen molar-refractivity contribution in [2.75, 3.05) is 0 Å². The molecule has 2 aliphatic rings. The fraction of sp³-hybridized carbons (Fsp3) is 0.0400. The van der Waals surface area contributed by atoms with Gasteiger partial charge in [0.25, 0.3) is 0 Å². The van der Waals surface area contributed by atoms with Crippen LogP contribution in [0.2, 0.25) is 0 Å². The van der Waals surface area contributed by atoms with Gasteiger partial charge in [-0.3, -0.25) is 0 Å². The first-order valence-corrected chi connectivity index (χ1v) is 17.5. The zero-order valence-electron chi connectivity index (χ0n) is 27.9. The molecular formula is C50H36. The van der Waals surface area contributed by atoms with Crippen molar-refractivity contribution in [3.05, 3.63) is 216 Å². The standard InChI is InChI=1S/2C25H18/c2*1-3-9-18(10-4-1)22-15-16-23-21-14-8-7-13-20(21)17-24(23)25(22)19-11-5-2-6-12-19/h2*1-16H,17H2. The van der Waals surface area contributed by atoms with Crippen LogP contribution >= 0.6 is 0 Å². The molecule has 0 N–H and O–H groups in total. The van der Waals surface area contributed by atoms with E-state index in [2.05, 4.69) is 194 Å². The molecule has 0 saturated carbocycles. The van der Waals surface area contributed by atoms with Gasteiger partial charge in [-0.05, 0) is 102 Å². The minimum Gasteiger partial charge on any atom is -0.0622 e. The summed E-state index contributed by atoms with van der Waals surface area (Å²) in [5, 5.41) is 0. The molecule has 2 aliphatic carbocycles. The summed E-state index contributed by atoms with van der Waals surface area (Å²) < 4.78 is 0. The highest BCUT2D eigenvalue weighted by molar-refractivity contribution is 5.95. The highest BCUT2D eigenvalue weighted by Crippen LogP contribution is 2.47. The molecule has 0 saturated heterocycles. The number of rotatable bonds is 4. The Morgan fingerprint density at radius 1 is 0.220 bits per heavy atom. The Morgan fingerprint density at radius 2 is 0.520 bits per heavy atom. The molecule has 50 heavy (non-hydrogen) atoms. The molecule has 8 aromatic carbocycles. The Hall–Kier alpha value is -6.24. The van der Waals surface area contributed by atoms with Gasteiger partial charge in [-0.2, -0.15) is 0 Å². The summed E-state index contributed by atoms with van der Waals surface area (Å²) in [5.74, 6) is 0. The predicted molar refractivity (Wildman–Crippen MR) is 211 cm³/mol. The van der Waals surface area contributed by atoms with Gasteiger partial charge in [-0.1, -0.05) is 194 Å². The average molecular weight is 637 g/mol. The molecule has 0 amide bonds. The van der Waals surface area contributed by atoms with E-state index in [0.29, 0.717) is 0 Å². The van der Waals surface area contributed by atoms with Crippen LogP contribution in [0.5, 0.6) is 0 Å². The first-order chi connectivity index (χ1) is 24.8. The fourth-order valence-electron chi connectivity index (χ4n) is 8.01. The van der Waals surface area contributed by atoms with E-state index in [4.69, 9.17) is 0 Å². The van der Waals surface area contributed by atoms with Crippen LogP contribution in [0.25, 0.3) is 66.8 Å². The molecule has 0 unspecified atom stereocenters. The highest BCUT2D eigenvalue weighted by Gasteiger charge is 2.25.